The van der Waals surface area contributed by atoms with E-state index in [9.17, 15) is 4.39 Å². The standard InChI is InChI=1S/C20H16ClFN4S/c1-26(11-8-13-6-9-23-10-7-13)18-17-16(14-2-4-15(22)5-3-14)12-27-19(17)25-20(21)24-18/h2-7,9-10,12H,8,11H2,1H3. The highest BCUT2D eigenvalue weighted by atomic mass is 35.5. The predicted octanol–water partition coefficient (Wildman–Crippen LogP) is 5.22. The number of hydrogen-bond donors (Lipinski definition) is 0. The van der Waals surface area contributed by atoms with Gasteiger partial charge < -0.3 is 4.90 Å². The molecule has 0 spiro atoms. The van der Waals surface area contributed by atoms with E-state index in [0.29, 0.717) is 0 Å². The Kier molecular flexibility index (Phi) is 5.01. The zero-order valence-electron chi connectivity index (χ0n) is 14.6. The van der Waals surface area contributed by atoms with Gasteiger partial charge in [0.15, 0.2) is 0 Å². The monoisotopic (exact) mass is 398 g/mol. The maximum Gasteiger partial charge on any atom is 0.225 e. The molecular formula is C20H16ClFN4S. The van der Waals surface area contributed by atoms with Crippen LogP contribution in [0.2, 0.25) is 5.28 Å². The number of hydrogen-bond acceptors (Lipinski definition) is 5. The van der Waals surface area contributed by atoms with Gasteiger partial charge in [-0.1, -0.05) is 12.1 Å². The molecule has 1 aromatic carbocycles. The lowest BCUT2D eigenvalue weighted by atomic mass is 10.1. The van der Waals surface area contributed by atoms with Gasteiger partial charge in [-0.15, -0.1) is 11.3 Å². The second-order valence-electron chi connectivity index (χ2n) is 6.18. The summed E-state index contributed by atoms with van der Waals surface area (Å²) in [6.45, 7) is 0.769. The summed E-state index contributed by atoms with van der Waals surface area (Å²) in [6.07, 6.45) is 4.44. The smallest absolute Gasteiger partial charge is 0.225 e. The van der Waals surface area contributed by atoms with Gasteiger partial charge in [0.1, 0.15) is 16.5 Å². The maximum absolute atomic E-state index is 13.3. The molecule has 136 valence electrons. The van der Waals surface area contributed by atoms with Crippen LogP contribution in [-0.2, 0) is 6.42 Å². The van der Waals surface area contributed by atoms with Gasteiger partial charge in [-0.3, -0.25) is 4.98 Å². The van der Waals surface area contributed by atoms with Crippen LogP contribution < -0.4 is 4.90 Å². The molecule has 0 fully saturated rings. The van der Waals surface area contributed by atoms with Crippen molar-refractivity contribution in [1.82, 2.24) is 15.0 Å². The zero-order valence-corrected chi connectivity index (χ0v) is 16.1. The molecule has 3 aromatic heterocycles. The molecule has 27 heavy (non-hydrogen) atoms. The van der Waals surface area contributed by atoms with Gasteiger partial charge in [0.05, 0.1) is 5.39 Å². The van der Waals surface area contributed by atoms with Gasteiger partial charge in [0.25, 0.3) is 0 Å². The second kappa shape index (κ2) is 7.58. The fourth-order valence-corrected chi connectivity index (χ4v) is 4.12. The maximum atomic E-state index is 13.3. The van der Waals surface area contributed by atoms with Crippen LogP contribution in [0, 0.1) is 5.82 Å². The van der Waals surface area contributed by atoms with Crippen molar-refractivity contribution in [2.45, 2.75) is 6.42 Å². The van der Waals surface area contributed by atoms with Crippen LogP contribution in [0.25, 0.3) is 21.3 Å². The van der Waals surface area contributed by atoms with Gasteiger partial charge in [-0.2, -0.15) is 4.98 Å². The number of anilines is 1. The number of pyridine rings is 1. The van der Waals surface area contributed by atoms with Crippen LogP contribution >= 0.6 is 22.9 Å². The summed E-state index contributed by atoms with van der Waals surface area (Å²) in [4.78, 5) is 15.8. The summed E-state index contributed by atoms with van der Waals surface area (Å²) in [6, 6.07) is 10.5. The fraction of sp³-hybridized carbons (Fsp3) is 0.150. The van der Waals surface area contributed by atoms with E-state index in [4.69, 9.17) is 11.6 Å². The van der Waals surface area contributed by atoms with E-state index in [1.807, 2.05) is 24.6 Å². The summed E-state index contributed by atoms with van der Waals surface area (Å²) >= 11 is 7.67. The van der Waals surface area contributed by atoms with E-state index >= 15 is 0 Å². The predicted molar refractivity (Wildman–Crippen MR) is 109 cm³/mol. The van der Waals surface area contributed by atoms with Crippen molar-refractivity contribution in [3.8, 4) is 11.1 Å². The molecular weight excluding hydrogens is 383 g/mol. The average Bonchev–Trinajstić information content (AvgIpc) is 3.10. The number of nitrogens with zero attached hydrogens (tertiary/aromatic N) is 4. The number of likely N-dealkylation sites (N-methyl/N-ethyl adjacent to an activating group) is 1. The zero-order chi connectivity index (χ0) is 18.8. The number of benzene rings is 1. The molecule has 0 aliphatic heterocycles. The fourth-order valence-electron chi connectivity index (χ4n) is 2.97. The summed E-state index contributed by atoms with van der Waals surface area (Å²) in [5.41, 5.74) is 3.12. The number of fused-ring (bicyclic) bond motifs is 1. The van der Waals surface area contributed by atoms with Crippen LogP contribution in [0.15, 0.2) is 54.2 Å². The van der Waals surface area contributed by atoms with Crippen LogP contribution in [0.4, 0.5) is 10.2 Å². The van der Waals surface area contributed by atoms with Crippen molar-refractivity contribution in [1.29, 1.82) is 0 Å². The molecule has 0 aliphatic carbocycles. The summed E-state index contributed by atoms with van der Waals surface area (Å²) in [5.74, 6) is 0.520. The molecule has 0 unspecified atom stereocenters. The first-order valence-corrected chi connectivity index (χ1v) is 9.68. The highest BCUT2D eigenvalue weighted by Crippen LogP contribution is 2.38. The molecule has 0 amide bonds. The Labute approximate surface area is 165 Å². The molecule has 0 saturated heterocycles. The summed E-state index contributed by atoms with van der Waals surface area (Å²) in [7, 11) is 1.99. The Bertz CT molecular complexity index is 1070. The van der Waals surface area contributed by atoms with Crippen molar-refractivity contribution in [3.05, 3.63) is 70.8 Å². The molecule has 4 nitrogen and oxygen atoms in total. The quantitative estimate of drug-likeness (QED) is 0.432. The molecule has 3 heterocycles. The first kappa shape index (κ1) is 17.8. The minimum atomic E-state index is -0.257. The van der Waals surface area contributed by atoms with Crippen molar-refractivity contribution in [2.75, 3.05) is 18.5 Å². The Morgan fingerprint density at radius 3 is 2.56 bits per heavy atom. The van der Waals surface area contributed by atoms with Crippen molar-refractivity contribution < 1.29 is 4.39 Å². The molecule has 0 radical (unpaired) electrons. The SMILES string of the molecule is CN(CCc1ccncc1)c1nc(Cl)nc2scc(-c3ccc(F)cc3)c12. The first-order valence-electron chi connectivity index (χ1n) is 8.42. The molecule has 7 heteroatoms. The lowest BCUT2D eigenvalue weighted by molar-refractivity contribution is 0.628. The molecule has 4 aromatic rings. The van der Waals surface area contributed by atoms with E-state index in [2.05, 4.69) is 19.9 Å². The van der Waals surface area contributed by atoms with Crippen molar-refractivity contribution in [2.24, 2.45) is 0 Å². The van der Waals surface area contributed by atoms with E-state index in [1.165, 1.54) is 29.0 Å². The minimum Gasteiger partial charge on any atom is -0.359 e. The van der Waals surface area contributed by atoms with E-state index in [-0.39, 0.29) is 11.1 Å². The molecule has 0 bridgehead atoms. The average molecular weight is 399 g/mol. The van der Waals surface area contributed by atoms with Gasteiger partial charge in [-0.25, -0.2) is 9.37 Å². The number of thiophene rings is 1. The third kappa shape index (κ3) is 3.77. The Morgan fingerprint density at radius 2 is 1.81 bits per heavy atom. The lowest BCUT2D eigenvalue weighted by Gasteiger charge is -2.20. The number of halogens is 2. The molecule has 0 N–H and O–H groups in total. The number of rotatable bonds is 5. The van der Waals surface area contributed by atoms with Gasteiger partial charge >= 0.3 is 0 Å². The van der Waals surface area contributed by atoms with Crippen LogP contribution in [0.3, 0.4) is 0 Å². The van der Waals surface area contributed by atoms with Gasteiger partial charge in [0.2, 0.25) is 5.28 Å². The third-order valence-corrected chi connectivity index (χ3v) is 5.43. The van der Waals surface area contributed by atoms with Gasteiger partial charge in [-0.05, 0) is 53.4 Å². The number of aromatic nitrogens is 3. The minimum absolute atomic E-state index is 0.223. The Hall–Kier alpha value is -2.57. The third-order valence-electron chi connectivity index (χ3n) is 4.39. The van der Waals surface area contributed by atoms with E-state index < -0.39 is 0 Å². The second-order valence-corrected chi connectivity index (χ2v) is 7.38. The normalized spacial score (nSPS) is 11.1. The largest absolute Gasteiger partial charge is 0.359 e. The topological polar surface area (TPSA) is 41.9 Å². The van der Waals surface area contributed by atoms with E-state index in [1.54, 1.807) is 24.5 Å². The van der Waals surface area contributed by atoms with E-state index in [0.717, 1.165) is 40.1 Å². The highest BCUT2D eigenvalue weighted by molar-refractivity contribution is 7.17. The summed E-state index contributed by atoms with van der Waals surface area (Å²) < 4.78 is 13.3. The molecule has 0 atom stereocenters. The molecule has 0 aliphatic rings. The highest BCUT2D eigenvalue weighted by Gasteiger charge is 2.17. The van der Waals surface area contributed by atoms with Crippen LogP contribution in [0.1, 0.15) is 5.56 Å². The Balaban J connectivity index is 1.72. The van der Waals surface area contributed by atoms with Crippen LogP contribution in [0.5, 0.6) is 0 Å². The van der Waals surface area contributed by atoms with Crippen LogP contribution in [-0.4, -0.2) is 28.5 Å². The molecule has 0 saturated carbocycles. The van der Waals surface area contributed by atoms with Gasteiger partial charge in [0, 0.05) is 36.9 Å². The Morgan fingerprint density at radius 1 is 1.07 bits per heavy atom. The first-order chi connectivity index (χ1) is 13.1. The molecule has 4 rings (SSSR count). The van der Waals surface area contributed by atoms with Crippen molar-refractivity contribution >= 4 is 39.0 Å². The lowest BCUT2D eigenvalue weighted by Crippen LogP contribution is -2.22. The van der Waals surface area contributed by atoms with Crippen molar-refractivity contribution in [3.63, 3.8) is 0 Å². The summed E-state index contributed by atoms with van der Waals surface area (Å²) in [5, 5.41) is 3.18.